The Bertz CT molecular complexity index is 1150. The molecule has 34 heavy (non-hydrogen) atoms. The molecule has 2 aliphatic heterocycles. The molecule has 0 spiro atoms. The van der Waals surface area contributed by atoms with E-state index < -0.39 is 48.2 Å². The lowest BCUT2D eigenvalue weighted by Crippen LogP contribution is -2.54. The van der Waals surface area contributed by atoms with E-state index in [4.69, 9.17) is 23.5 Å². The van der Waals surface area contributed by atoms with E-state index >= 15 is 0 Å². The lowest BCUT2D eigenvalue weighted by molar-refractivity contribution is -0.184. The van der Waals surface area contributed by atoms with Gasteiger partial charge in [0, 0.05) is 11.6 Å². The summed E-state index contributed by atoms with van der Waals surface area (Å²) in [5.41, 5.74) is -0.339. The number of ether oxygens (including phenoxy) is 4. The predicted molar refractivity (Wildman–Crippen MR) is 111 cm³/mol. The second kappa shape index (κ2) is 8.33. The van der Waals surface area contributed by atoms with Gasteiger partial charge in [-0.05, 0) is 26.8 Å². The minimum Gasteiger partial charge on any atom is -0.468 e. The van der Waals surface area contributed by atoms with Crippen LogP contribution < -0.4 is 4.74 Å². The van der Waals surface area contributed by atoms with E-state index in [1.165, 1.54) is 12.1 Å². The van der Waals surface area contributed by atoms with Crippen LogP contribution in [0.5, 0.6) is 5.88 Å². The van der Waals surface area contributed by atoms with Crippen LogP contribution in [0.1, 0.15) is 38.5 Å². The molecule has 2 aliphatic rings. The quantitative estimate of drug-likeness (QED) is 0.540. The fourth-order valence-electron chi connectivity index (χ4n) is 4.15. The van der Waals surface area contributed by atoms with Gasteiger partial charge in [-0.2, -0.15) is 18.2 Å². The zero-order valence-corrected chi connectivity index (χ0v) is 18.5. The molecular formula is C23H22F3N3O5. The number of hydrogen-bond donors (Lipinski definition) is 0. The van der Waals surface area contributed by atoms with Crippen molar-refractivity contribution in [2.45, 2.75) is 63.3 Å². The molecule has 0 bridgehead atoms. The van der Waals surface area contributed by atoms with Crippen LogP contribution >= 0.6 is 0 Å². The summed E-state index contributed by atoms with van der Waals surface area (Å²) in [5.74, 6) is -0.740. The van der Waals surface area contributed by atoms with E-state index in [0.29, 0.717) is 5.82 Å². The number of halogens is 3. The third-order valence-corrected chi connectivity index (χ3v) is 5.60. The maximum atomic E-state index is 13.2. The van der Waals surface area contributed by atoms with Crippen molar-refractivity contribution in [3.63, 3.8) is 0 Å². The summed E-state index contributed by atoms with van der Waals surface area (Å²) in [6.45, 7) is 5.29. The average Bonchev–Trinajstić information content (AvgIpc) is 3.40. The van der Waals surface area contributed by atoms with Gasteiger partial charge in [0.2, 0.25) is 11.7 Å². The summed E-state index contributed by atoms with van der Waals surface area (Å²) in [6, 6.07) is 12.6. The van der Waals surface area contributed by atoms with E-state index in [2.05, 4.69) is 15.1 Å². The second-order valence-electron chi connectivity index (χ2n) is 8.59. The molecule has 0 aliphatic carbocycles. The van der Waals surface area contributed by atoms with E-state index in [-0.39, 0.29) is 11.8 Å². The normalized spacial score (nSPS) is 28.5. The van der Waals surface area contributed by atoms with Crippen molar-refractivity contribution in [3.05, 3.63) is 60.1 Å². The highest BCUT2D eigenvalue weighted by molar-refractivity contribution is 5.53. The summed E-state index contributed by atoms with van der Waals surface area (Å²) in [7, 11) is 0. The second-order valence-corrected chi connectivity index (χ2v) is 8.59. The van der Waals surface area contributed by atoms with Gasteiger partial charge in [0.25, 0.3) is 5.89 Å². The number of hydrogen-bond acceptors (Lipinski definition) is 8. The monoisotopic (exact) mass is 477 g/mol. The summed E-state index contributed by atoms with van der Waals surface area (Å²) in [4.78, 5) is 8.08. The van der Waals surface area contributed by atoms with E-state index in [9.17, 15) is 13.2 Å². The Labute approximate surface area is 193 Å². The number of fused-ring (bicyclic) bond motifs is 1. The molecule has 1 aromatic carbocycles. The molecule has 0 unspecified atom stereocenters. The Hall–Kier alpha value is -3.02. The third kappa shape index (κ3) is 4.38. The van der Waals surface area contributed by atoms with Gasteiger partial charge in [0.15, 0.2) is 18.0 Å². The van der Waals surface area contributed by atoms with Gasteiger partial charge in [-0.25, -0.2) is 4.98 Å². The van der Waals surface area contributed by atoms with Gasteiger partial charge in [-0.3, -0.25) is 0 Å². The Morgan fingerprint density at radius 2 is 1.68 bits per heavy atom. The molecule has 5 rings (SSSR count). The Morgan fingerprint density at radius 1 is 0.941 bits per heavy atom. The number of benzene rings is 1. The maximum Gasteiger partial charge on any atom is 0.433 e. The van der Waals surface area contributed by atoms with Gasteiger partial charge in [-0.1, -0.05) is 41.6 Å². The molecule has 11 heteroatoms. The van der Waals surface area contributed by atoms with Crippen LogP contribution in [0, 0.1) is 0 Å². The Morgan fingerprint density at radius 3 is 2.41 bits per heavy atom. The third-order valence-electron chi connectivity index (χ3n) is 5.60. The van der Waals surface area contributed by atoms with Gasteiger partial charge in [-0.15, -0.1) is 0 Å². The van der Waals surface area contributed by atoms with Crippen LogP contribution in [-0.2, 0) is 20.4 Å². The predicted octanol–water partition coefficient (Wildman–Crippen LogP) is 4.58. The SMILES string of the molecule is C[C@H]1O[C@H](c2nc(-c3ccccc3)no2)[C@H](Oc2cccc(C(F)(F)F)n2)[C@H]2OC(C)(C)O[C@H]21. The lowest BCUT2D eigenvalue weighted by atomic mass is 9.95. The molecule has 0 saturated carbocycles. The number of alkyl halides is 3. The van der Waals surface area contributed by atoms with Gasteiger partial charge in [0.1, 0.15) is 17.9 Å². The summed E-state index contributed by atoms with van der Waals surface area (Å²) >= 11 is 0. The minimum absolute atomic E-state index is 0.106. The Balaban J connectivity index is 1.50. The number of nitrogens with zero attached hydrogens (tertiary/aromatic N) is 3. The van der Waals surface area contributed by atoms with Crippen LogP contribution in [0.25, 0.3) is 11.4 Å². The number of aromatic nitrogens is 3. The first kappa shape index (κ1) is 22.8. The molecule has 2 fully saturated rings. The van der Waals surface area contributed by atoms with Crippen molar-refractivity contribution in [3.8, 4) is 17.3 Å². The van der Waals surface area contributed by atoms with Crippen LogP contribution in [0.3, 0.4) is 0 Å². The summed E-state index contributed by atoms with van der Waals surface area (Å²) in [6.07, 6.45) is -8.19. The van der Waals surface area contributed by atoms with Crippen LogP contribution in [-0.4, -0.2) is 45.3 Å². The van der Waals surface area contributed by atoms with Crippen molar-refractivity contribution < 1.29 is 36.6 Å². The topological polar surface area (TPSA) is 88.7 Å². The molecule has 4 heterocycles. The molecule has 2 saturated heterocycles. The standard InChI is InChI=1S/C23H22F3N3O5/c1-12-16-18(33-22(2,3)32-16)17(31-15-11-7-10-14(27-15)23(24,25)26)19(30-12)21-28-20(29-34-21)13-8-5-4-6-9-13/h4-12,16-19H,1-3H3/t12-,16+,17-,18+,19+/m1/s1. The van der Waals surface area contributed by atoms with Gasteiger partial charge < -0.3 is 23.5 Å². The maximum absolute atomic E-state index is 13.2. The van der Waals surface area contributed by atoms with Crippen molar-refractivity contribution in [2.24, 2.45) is 0 Å². The summed E-state index contributed by atoms with van der Waals surface area (Å²) < 4.78 is 69.2. The molecule has 0 radical (unpaired) electrons. The van der Waals surface area contributed by atoms with Crippen molar-refractivity contribution in [2.75, 3.05) is 0 Å². The number of pyridine rings is 1. The van der Waals surface area contributed by atoms with Crippen molar-refractivity contribution >= 4 is 0 Å². The molecule has 2 aromatic heterocycles. The Kier molecular flexibility index (Phi) is 5.58. The van der Waals surface area contributed by atoms with E-state index in [1.54, 1.807) is 13.8 Å². The molecular weight excluding hydrogens is 455 g/mol. The molecule has 3 aromatic rings. The first-order chi connectivity index (χ1) is 16.1. The molecule has 0 N–H and O–H groups in total. The zero-order chi connectivity index (χ0) is 24.1. The fraction of sp³-hybridized carbons (Fsp3) is 0.435. The van der Waals surface area contributed by atoms with Crippen LogP contribution in [0.15, 0.2) is 53.1 Å². The van der Waals surface area contributed by atoms with Crippen LogP contribution in [0.2, 0.25) is 0 Å². The highest BCUT2D eigenvalue weighted by atomic mass is 19.4. The molecule has 0 amide bonds. The van der Waals surface area contributed by atoms with Crippen LogP contribution in [0.4, 0.5) is 13.2 Å². The summed E-state index contributed by atoms with van der Waals surface area (Å²) in [5, 5.41) is 4.03. The molecule has 180 valence electrons. The highest BCUT2D eigenvalue weighted by Crippen LogP contribution is 2.43. The van der Waals surface area contributed by atoms with Crippen molar-refractivity contribution in [1.29, 1.82) is 0 Å². The minimum atomic E-state index is -4.62. The lowest BCUT2D eigenvalue weighted by Gasteiger charge is -2.39. The van der Waals surface area contributed by atoms with Gasteiger partial charge in [0.05, 0.1) is 6.10 Å². The van der Waals surface area contributed by atoms with Gasteiger partial charge >= 0.3 is 6.18 Å². The molecule has 8 nitrogen and oxygen atoms in total. The number of rotatable bonds is 4. The van der Waals surface area contributed by atoms with E-state index in [0.717, 1.165) is 11.6 Å². The smallest absolute Gasteiger partial charge is 0.433 e. The highest BCUT2D eigenvalue weighted by Gasteiger charge is 2.57. The average molecular weight is 477 g/mol. The van der Waals surface area contributed by atoms with Crippen molar-refractivity contribution in [1.82, 2.24) is 15.1 Å². The zero-order valence-electron chi connectivity index (χ0n) is 18.5. The first-order valence-electron chi connectivity index (χ1n) is 10.7. The largest absolute Gasteiger partial charge is 0.468 e. The molecule has 5 atom stereocenters. The van der Waals surface area contributed by atoms with E-state index in [1.807, 2.05) is 37.3 Å². The first-order valence-corrected chi connectivity index (χ1v) is 10.7. The fourth-order valence-corrected chi connectivity index (χ4v) is 4.15.